The molecule has 2 N–H and O–H groups in total. The molecule has 3 aromatic rings. The van der Waals surface area contributed by atoms with Crippen LogP contribution < -0.4 is 0 Å². The summed E-state index contributed by atoms with van der Waals surface area (Å²) in [4.78, 5) is 0. The Morgan fingerprint density at radius 1 is 0.758 bits per heavy atom. The van der Waals surface area contributed by atoms with Gasteiger partial charge in [-0.2, -0.15) is 0 Å². The number of hydrogen-bond donors (Lipinski definition) is 2. The van der Waals surface area contributed by atoms with Gasteiger partial charge in [0.05, 0.1) is 17.9 Å². The standard InChI is InChI=1S/C27H26Br4O2/c1-15(2)19-5-3-4-6-20(19)16-7-9-27(10-8-16,17-11-21(28)25(32)22(29)12-17)18-13-23(30)26(33)24(31)14-18/h3-6,11-16,32-33H,7-10H2,1-2H3. The lowest BCUT2D eigenvalue weighted by molar-refractivity contribution is 0.312. The SMILES string of the molecule is CC(C)c1ccccc1C1CCC(c2cc(Br)c(O)c(Br)c2)(c2cc(Br)c(O)c(Br)c2)CC1. The molecular formula is C27H26Br4O2. The molecule has 33 heavy (non-hydrogen) atoms. The van der Waals surface area contributed by atoms with E-state index in [0.29, 0.717) is 29.7 Å². The van der Waals surface area contributed by atoms with Crippen LogP contribution in [0.3, 0.4) is 0 Å². The molecule has 0 atom stereocenters. The second-order valence-corrected chi connectivity index (χ2v) is 12.6. The molecule has 4 rings (SSSR count). The second-order valence-electron chi connectivity index (χ2n) is 9.22. The summed E-state index contributed by atoms with van der Waals surface area (Å²) < 4.78 is 2.71. The minimum atomic E-state index is -0.235. The van der Waals surface area contributed by atoms with Crippen molar-refractivity contribution in [1.82, 2.24) is 0 Å². The fraction of sp³-hybridized carbons (Fsp3) is 0.333. The van der Waals surface area contributed by atoms with Gasteiger partial charge in [0.1, 0.15) is 11.5 Å². The van der Waals surface area contributed by atoms with E-state index in [1.807, 2.05) is 24.3 Å². The van der Waals surface area contributed by atoms with Crippen LogP contribution in [0.25, 0.3) is 0 Å². The molecule has 3 aromatic carbocycles. The van der Waals surface area contributed by atoms with Crippen molar-refractivity contribution >= 4 is 63.7 Å². The van der Waals surface area contributed by atoms with Gasteiger partial charge in [-0.15, -0.1) is 0 Å². The lowest BCUT2D eigenvalue weighted by Crippen LogP contribution is -2.33. The number of hydrogen-bond acceptors (Lipinski definition) is 2. The minimum Gasteiger partial charge on any atom is -0.506 e. The van der Waals surface area contributed by atoms with Crippen LogP contribution >= 0.6 is 63.7 Å². The molecule has 1 aliphatic rings. The first-order chi connectivity index (χ1) is 15.6. The summed E-state index contributed by atoms with van der Waals surface area (Å²) in [6.45, 7) is 4.53. The Kier molecular flexibility index (Phi) is 7.69. The third kappa shape index (κ3) is 4.82. The molecule has 6 heteroatoms. The molecule has 174 valence electrons. The Morgan fingerprint density at radius 2 is 1.18 bits per heavy atom. The van der Waals surface area contributed by atoms with Crippen LogP contribution in [0.1, 0.15) is 73.6 Å². The van der Waals surface area contributed by atoms with Gasteiger partial charge in [-0.3, -0.25) is 0 Å². The molecule has 0 aliphatic heterocycles. The third-order valence-electron chi connectivity index (χ3n) is 7.04. The number of phenols is 2. The molecule has 0 radical (unpaired) electrons. The van der Waals surface area contributed by atoms with Gasteiger partial charge in [-0.05, 0) is 148 Å². The van der Waals surface area contributed by atoms with Gasteiger partial charge in [0.2, 0.25) is 0 Å². The van der Waals surface area contributed by atoms with Gasteiger partial charge < -0.3 is 10.2 Å². The lowest BCUT2D eigenvalue weighted by atomic mass is 9.62. The van der Waals surface area contributed by atoms with E-state index in [9.17, 15) is 10.2 Å². The summed E-state index contributed by atoms with van der Waals surface area (Å²) in [5.74, 6) is 1.44. The Hall–Kier alpha value is -0.820. The van der Waals surface area contributed by atoms with Gasteiger partial charge >= 0.3 is 0 Å². The Balaban J connectivity index is 1.80. The lowest BCUT2D eigenvalue weighted by Gasteiger charge is -2.42. The van der Waals surface area contributed by atoms with Crippen LogP contribution in [0, 0.1) is 0 Å². The zero-order valence-electron chi connectivity index (χ0n) is 18.5. The first kappa shape index (κ1) is 25.3. The zero-order chi connectivity index (χ0) is 23.9. The van der Waals surface area contributed by atoms with E-state index in [1.54, 1.807) is 0 Å². The summed E-state index contributed by atoms with van der Waals surface area (Å²) in [5, 5.41) is 20.7. The van der Waals surface area contributed by atoms with E-state index in [0.717, 1.165) is 36.8 Å². The van der Waals surface area contributed by atoms with Crippen molar-refractivity contribution in [2.75, 3.05) is 0 Å². The Bertz CT molecular complexity index is 1070. The molecule has 2 nitrogen and oxygen atoms in total. The summed E-state index contributed by atoms with van der Waals surface area (Å²) in [5.41, 5.74) is 4.99. The normalized spacial score (nSPS) is 16.3. The van der Waals surface area contributed by atoms with Crippen molar-refractivity contribution in [2.24, 2.45) is 0 Å². The number of halogens is 4. The third-order valence-corrected chi connectivity index (χ3v) is 9.45. The van der Waals surface area contributed by atoms with E-state index in [-0.39, 0.29) is 16.9 Å². The van der Waals surface area contributed by atoms with E-state index >= 15 is 0 Å². The van der Waals surface area contributed by atoms with Gasteiger partial charge in [-0.1, -0.05) is 38.1 Å². The van der Waals surface area contributed by atoms with Crippen molar-refractivity contribution in [2.45, 2.75) is 56.8 Å². The molecule has 1 saturated carbocycles. The zero-order valence-corrected chi connectivity index (χ0v) is 24.9. The predicted molar refractivity (Wildman–Crippen MR) is 150 cm³/mol. The van der Waals surface area contributed by atoms with E-state index in [4.69, 9.17) is 0 Å². The van der Waals surface area contributed by atoms with Crippen LogP contribution in [0.4, 0.5) is 0 Å². The van der Waals surface area contributed by atoms with Crippen LogP contribution in [-0.2, 0) is 5.41 Å². The van der Waals surface area contributed by atoms with E-state index < -0.39 is 0 Å². The quantitative estimate of drug-likeness (QED) is 0.284. The number of benzene rings is 3. The molecule has 1 fully saturated rings. The van der Waals surface area contributed by atoms with Crippen molar-refractivity contribution in [3.8, 4) is 11.5 Å². The van der Waals surface area contributed by atoms with Crippen LogP contribution in [-0.4, -0.2) is 10.2 Å². The van der Waals surface area contributed by atoms with Crippen molar-refractivity contribution in [3.63, 3.8) is 0 Å². The molecule has 0 amide bonds. The first-order valence-electron chi connectivity index (χ1n) is 11.1. The fourth-order valence-corrected chi connectivity index (χ4v) is 7.63. The van der Waals surface area contributed by atoms with Gasteiger partial charge in [0, 0.05) is 5.41 Å². The highest BCUT2D eigenvalue weighted by molar-refractivity contribution is 9.11. The summed E-state index contributed by atoms with van der Waals surface area (Å²) in [6, 6.07) is 17.0. The molecule has 0 spiro atoms. The molecule has 1 aliphatic carbocycles. The van der Waals surface area contributed by atoms with Crippen molar-refractivity contribution in [1.29, 1.82) is 0 Å². The topological polar surface area (TPSA) is 40.5 Å². The first-order valence-corrected chi connectivity index (χ1v) is 14.3. The second kappa shape index (κ2) is 10.0. The highest BCUT2D eigenvalue weighted by Crippen LogP contribution is 2.53. The highest BCUT2D eigenvalue weighted by atomic mass is 79.9. The molecular weight excluding hydrogens is 676 g/mol. The average molecular weight is 702 g/mol. The maximum absolute atomic E-state index is 10.3. The smallest absolute Gasteiger partial charge is 0.143 e. The Labute approximate surface area is 229 Å². The van der Waals surface area contributed by atoms with Crippen molar-refractivity contribution in [3.05, 3.63) is 88.7 Å². The minimum absolute atomic E-state index is 0.210. The Morgan fingerprint density at radius 3 is 1.61 bits per heavy atom. The van der Waals surface area contributed by atoms with Crippen molar-refractivity contribution < 1.29 is 10.2 Å². The molecule has 0 unspecified atom stereocenters. The van der Waals surface area contributed by atoms with Crippen LogP contribution in [0.2, 0.25) is 0 Å². The average Bonchev–Trinajstić information content (AvgIpc) is 2.80. The molecule has 0 bridgehead atoms. The summed E-state index contributed by atoms with van der Waals surface area (Å²) in [6.07, 6.45) is 4.07. The number of rotatable bonds is 4. The van der Waals surface area contributed by atoms with E-state index in [2.05, 4.69) is 102 Å². The fourth-order valence-electron chi connectivity index (χ4n) is 5.26. The summed E-state index contributed by atoms with van der Waals surface area (Å²) >= 11 is 14.1. The molecule has 0 heterocycles. The van der Waals surface area contributed by atoms with E-state index in [1.165, 1.54) is 11.1 Å². The molecule has 0 saturated heterocycles. The molecule has 0 aromatic heterocycles. The van der Waals surface area contributed by atoms with Gasteiger partial charge in [0.25, 0.3) is 0 Å². The number of phenolic OH excluding ortho intramolecular Hbond substituents is 2. The maximum Gasteiger partial charge on any atom is 0.143 e. The largest absolute Gasteiger partial charge is 0.506 e. The van der Waals surface area contributed by atoms with Gasteiger partial charge in [0.15, 0.2) is 0 Å². The van der Waals surface area contributed by atoms with Crippen LogP contribution in [0.15, 0.2) is 66.4 Å². The number of aromatic hydroxyl groups is 2. The predicted octanol–water partition coefficient (Wildman–Crippen LogP) is 9.92. The monoisotopic (exact) mass is 698 g/mol. The summed E-state index contributed by atoms with van der Waals surface area (Å²) in [7, 11) is 0. The van der Waals surface area contributed by atoms with Crippen LogP contribution in [0.5, 0.6) is 11.5 Å². The maximum atomic E-state index is 10.3. The van der Waals surface area contributed by atoms with Gasteiger partial charge in [-0.25, -0.2) is 0 Å². The highest BCUT2D eigenvalue weighted by Gasteiger charge is 2.40.